The second kappa shape index (κ2) is 5.89. The molecule has 0 aliphatic heterocycles. The van der Waals surface area contributed by atoms with Crippen LogP contribution in [0.2, 0.25) is 5.02 Å². The Labute approximate surface area is 124 Å². The number of sulfonamides is 1. The molecule has 5 nitrogen and oxygen atoms in total. The first-order valence-corrected chi connectivity index (χ1v) is 8.41. The van der Waals surface area contributed by atoms with Crippen LogP contribution in [-0.4, -0.2) is 25.7 Å². The molecule has 1 aromatic carbocycles. The van der Waals surface area contributed by atoms with E-state index in [1.165, 1.54) is 6.07 Å². The molecule has 0 atom stereocenters. The van der Waals surface area contributed by atoms with Crippen molar-refractivity contribution in [3.63, 3.8) is 0 Å². The molecule has 0 amide bonds. The maximum atomic E-state index is 12.4. The predicted octanol–water partition coefficient (Wildman–Crippen LogP) is 1.81. The van der Waals surface area contributed by atoms with Crippen molar-refractivity contribution >= 4 is 27.3 Å². The molecule has 2 rings (SSSR count). The Hall–Kier alpha value is -0.820. The summed E-state index contributed by atoms with van der Waals surface area (Å²) in [6.07, 6.45) is 2.21. The molecular weight excluding hydrogens is 300 g/mol. The molecule has 1 aromatic rings. The number of aryl methyl sites for hydroxylation is 1. The number of nitrogens with one attached hydrogen (secondary N) is 1. The normalized spacial score (nSPS) is 23.8. The molecule has 0 radical (unpaired) electrons. The predicted molar refractivity (Wildman–Crippen MR) is 79.2 cm³/mol. The topological polar surface area (TPSA) is 92.4 Å². The maximum absolute atomic E-state index is 12.4. The molecule has 0 bridgehead atoms. The summed E-state index contributed by atoms with van der Waals surface area (Å²) in [6, 6.07) is 2.80. The van der Waals surface area contributed by atoms with Crippen molar-refractivity contribution in [2.24, 2.45) is 0 Å². The van der Waals surface area contributed by atoms with Crippen LogP contribution in [0.4, 0.5) is 5.69 Å². The molecule has 0 heterocycles. The minimum absolute atomic E-state index is 0.139. The van der Waals surface area contributed by atoms with Crippen LogP contribution in [0.5, 0.6) is 0 Å². The number of aliphatic hydroxyl groups excluding tert-OH is 1. The Balaban J connectivity index is 2.20. The summed E-state index contributed by atoms with van der Waals surface area (Å²) in [5.41, 5.74) is 6.49. The Morgan fingerprint density at radius 2 is 1.90 bits per heavy atom. The van der Waals surface area contributed by atoms with E-state index in [0.717, 1.165) is 0 Å². The summed E-state index contributed by atoms with van der Waals surface area (Å²) in [6.45, 7) is 1.69. The van der Waals surface area contributed by atoms with E-state index >= 15 is 0 Å². The van der Waals surface area contributed by atoms with E-state index in [-0.39, 0.29) is 22.7 Å². The van der Waals surface area contributed by atoms with Gasteiger partial charge in [0, 0.05) is 6.04 Å². The van der Waals surface area contributed by atoms with Gasteiger partial charge in [0.2, 0.25) is 10.0 Å². The van der Waals surface area contributed by atoms with Crippen molar-refractivity contribution in [1.29, 1.82) is 0 Å². The zero-order valence-electron chi connectivity index (χ0n) is 11.3. The number of rotatable bonds is 3. The van der Waals surface area contributed by atoms with Gasteiger partial charge >= 0.3 is 0 Å². The van der Waals surface area contributed by atoms with Crippen LogP contribution in [-0.2, 0) is 10.0 Å². The van der Waals surface area contributed by atoms with Crippen molar-refractivity contribution < 1.29 is 13.5 Å². The Kier molecular flexibility index (Phi) is 4.59. The van der Waals surface area contributed by atoms with Crippen molar-refractivity contribution in [2.45, 2.75) is 49.6 Å². The zero-order valence-corrected chi connectivity index (χ0v) is 12.8. The van der Waals surface area contributed by atoms with E-state index in [9.17, 15) is 13.5 Å². The van der Waals surface area contributed by atoms with Gasteiger partial charge in [0.15, 0.2) is 0 Å². The number of anilines is 1. The largest absolute Gasteiger partial charge is 0.397 e. The van der Waals surface area contributed by atoms with E-state index < -0.39 is 10.0 Å². The first-order chi connectivity index (χ1) is 9.29. The first kappa shape index (κ1) is 15.6. The summed E-state index contributed by atoms with van der Waals surface area (Å²) < 4.78 is 27.5. The van der Waals surface area contributed by atoms with E-state index in [1.54, 1.807) is 13.0 Å². The molecule has 1 fully saturated rings. The Morgan fingerprint density at radius 1 is 1.30 bits per heavy atom. The average Bonchev–Trinajstić information content (AvgIpc) is 2.36. The lowest BCUT2D eigenvalue weighted by Gasteiger charge is -2.26. The highest BCUT2D eigenvalue weighted by molar-refractivity contribution is 7.89. The third-order valence-corrected chi connectivity index (χ3v) is 5.59. The van der Waals surface area contributed by atoms with Crippen LogP contribution in [0.15, 0.2) is 17.0 Å². The highest BCUT2D eigenvalue weighted by Crippen LogP contribution is 2.27. The molecule has 4 N–H and O–H groups in total. The number of hydrogen-bond acceptors (Lipinski definition) is 4. The van der Waals surface area contributed by atoms with E-state index in [4.69, 9.17) is 17.3 Å². The summed E-state index contributed by atoms with van der Waals surface area (Å²) in [7, 11) is -3.62. The molecule has 0 saturated heterocycles. The molecule has 1 saturated carbocycles. The second-order valence-electron chi connectivity index (χ2n) is 5.27. The molecule has 1 aliphatic rings. The van der Waals surface area contributed by atoms with E-state index in [1.807, 2.05) is 0 Å². The van der Waals surface area contributed by atoms with Crippen LogP contribution in [0, 0.1) is 6.92 Å². The van der Waals surface area contributed by atoms with Crippen LogP contribution >= 0.6 is 11.6 Å². The molecule has 0 aromatic heterocycles. The molecular formula is C13H19ClN2O3S. The van der Waals surface area contributed by atoms with Gasteiger partial charge < -0.3 is 10.8 Å². The second-order valence-corrected chi connectivity index (χ2v) is 7.36. The van der Waals surface area contributed by atoms with Gasteiger partial charge in [-0.05, 0) is 50.3 Å². The third-order valence-electron chi connectivity index (χ3n) is 3.60. The number of nitrogen functional groups attached to an aromatic ring is 1. The fourth-order valence-corrected chi connectivity index (χ4v) is 4.22. The molecule has 0 spiro atoms. The lowest BCUT2D eigenvalue weighted by molar-refractivity contribution is 0.120. The van der Waals surface area contributed by atoms with E-state index in [2.05, 4.69) is 4.72 Å². The lowest BCUT2D eigenvalue weighted by Crippen LogP contribution is -2.38. The quantitative estimate of drug-likeness (QED) is 0.741. The maximum Gasteiger partial charge on any atom is 0.241 e. The summed E-state index contributed by atoms with van der Waals surface area (Å²) in [4.78, 5) is 0.158. The molecule has 1 aliphatic carbocycles. The van der Waals surface area contributed by atoms with Gasteiger partial charge in [-0.3, -0.25) is 0 Å². The fourth-order valence-electron chi connectivity index (χ4n) is 2.43. The standard InChI is InChI=1S/C13H19ClN2O3S/c1-8-6-11(14)12(15)7-13(8)20(18,19)16-9-2-4-10(17)5-3-9/h6-7,9-10,16-17H,2-5,15H2,1H3. The number of aliphatic hydroxyl groups is 1. The molecule has 112 valence electrons. The lowest BCUT2D eigenvalue weighted by atomic mass is 9.94. The Bertz CT molecular complexity index is 596. The van der Waals surface area contributed by atoms with Gasteiger partial charge in [0.1, 0.15) is 0 Å². The van der Waals surface area contributed by atoms with Crippen molar-refractivity contribution in [1.82, 2.24) is 4.72 Å². The zero-order chi connectivity index (χ0) is 14.9. The minimum Gasteiger partial charge on any atom is -0.397 e. The molecule has 20 heavy (non-hydrogen) atoms. The van der Waals surface area contributed by atoms with Crippen molar-refractivity contribution in [3.05, 3.63) is 22.7 Å². The molecule has 7 heteroatoms. The van der Waals surface area contributed by atoms with Crippen molar-refractivity contribution in [3.8, 4) is 0 Å². The number of halogens is 1. The summed E-state index contributed by atoms with van der Waals surface area (Å²) in [5, 5.41) is 9.79. The van der Waals surface area contributed by atoms with Gasteiger partial charge in [0.25, 0.3) is 0 Å². The monoisotopic (exact) mass is 318 g/mol. The minimum atomic E-state index is -3.62. The van der Waals surface area contributed by atoms with E-state index in [0.29, 0.717) is 36.3 Å². The van der Waals surface area contributed by atoms with Crippen LogP contribution in [0.1, 0.15) is 31.2 Å². The van der Waals surface area contributed by atoms with Gasteiger partial charge in [-0.1, -0.05) is 11.6 Å². The van der Waals surface area contributed by atoms with Gasteiger partial charge in [-0.2, -0.15) is 0 Å². The number of hydrogen-bond donors (Lipinski definition) is 3. The first-order valence-electron chi connectivity index (χ1n) is 6.55. The number of nitrogens with two attached hydrogens (primary N) is 1. The summed E-state index contributed by atoms with van der Waals surface area (Å²) in [5.74, 6) is 0. The number of benzene rings is 1. The average molecular weight is 319 g/mol. The highest BCUT2D eigenvalue weighted by Gasteiger charge is 2.26. The van der Waals surface area contributed by atoms with Crippen LogP contribution in [0.3, 0.4) is 0 Å². The van der Waals surface area contributed by atoms with Gasteiger partial charge in [-0.25, -0.2) is 13.1 Å². The molecule has 0 unspecified atom stereocenters. The van der Waals surface area contributed by atoms with Gasteiger partial charge in [0.05, 0.1) is 21.7 Å². The van der Waals surface area contributed by atoms with Crippen molar-refractivity contribution in [2.75, 3.05) is 5.73 Å². The van der Waals surface area contributed by atoms with Crippen LogP contribution < -0.4 is 10.5 Å². The highest BCUT2D eigenvalue weighted by atomic mass is 35.5. The fraction of sp³-hybridized carbons (Fsp3) is 0.538. The van der Waals surface area contributed by atoms with Gasteiger partial charge in [-0.15, -0.1) is 0 Å². The van der Waals surface area contributed by atoms with Crippen LogP contribution in [0.25, 0.3) is 0 Å². The summed E-state index contributed by atoms with van der Waals surface area (Å²) >= 11 is 5.88. The third kappa shape index (κ3) is 3.44. The Morgan fingerprint density at radius 3 is 2.50 bits per heavy atom. The smallest absolute Gasteiger partial charge is 0.241 e. The SMILES string of the molecule is Cc1cc(Cl)c(N)cc1S(=O)(=O)NC1CCC(O)CC1.